The molecule has 1 atom stereocenters. The first-order valence-corrected chi connectivity index (χ1v) is 6.92. The molecule has 0 aliphatic rings. The summed E-state index contributed by atoms with van der Waals surface area (Å²) in [5.74, 6) is -0.958. The van der Waals surface area contributed by atoms with Gasteiger partial charge in [0.25, 0.3) is 5.91 Å². The number of halogens is 1. The van der Waals surface area contributed by atoms with Crippen LogP contribution in [0.1, 0.15) is 22.8 Å². The molecule has 0 spiro atoms. The first-order chi connectivity index (χ1) is 9.95. The number of nitrogens with one attached hydrogen (secondary N) is 3. The fourth-order valence-corrected chi connectivity index (χ4v) is 1.77. The highest BCUT2D eigenvalue weighted by Gasteiger charge is 2.11. The highest BCUT2D eigenvalue weighted by Crippen LogP contribution is 2.08. The molecule has 1 unspecified atom stereocenters. The molecule has 0 saturated carbocycles. The predicted octanol–water partition coefficient (Wildman–Crippen LogP) is 0.836. The van der Waals surface area contributed by atoms with Crippen molar-refractivity contribution in [2.45, 2.75) is 13.8 Å². The molecule has 1 rings (SSSR count). The fraction of sp³-hybridized carbons (Fsp3) is 0.467. The van der Waals surface area contributed by atoms with Crippen LogP contribution in [0, 0.1) is 18.7 Å². The van der Waals surface area contributed by atoms with Gasteiger partial charge in [0.1, 0.15) is 5.82 Å². The average Bonchev–Trinajstić information content (AvgIpc) is 2.46. The smallest absolute Gasteiger partial charge is 0.251 e. The SMILES string of the molecule is CNCC(C)C(=O)NCCNC(=O)c1ccc(C)c(F)c1. The summed E-state index contributed by atoms with van der Waals surface area (Å²) in [5, 5.41) is 8.29. The zero-order chi connectivity index (χ0) is 15.8. The van der Waals surface area contributed by atoms with Gasteiger partial charge >= 0.3 is 0 Å². The Balaban J connectivity index is 2.34. The van der Waals surface area contributed by atoms with Crippen LogP contribution in [0.15, 0.2) is 18.2 Å². The molecule has 0 aliphatic carbocycles. The van der Waals surface area contributed by atoms with Crippen molar-refractivity contribution in [2.24, 2.45) is 5.92 Å². The topological polar surface area (TPSA) is 70.2 Å². The summed E-state index contributed by atoms with van der Waals surface area (Å²) >= 11 is 0. The molecule has 2 amide bonds. The maximum atomic E-state index is 13.4. The van der Waals surface area contributed by atoms with Gasteiger partial charge in [0.15, 0.2) is 0 Å². The van der Waals surface area contributed by atoms with Gasteiger partial charge in [0.05, 0.1) is 0 Å². The Morgan fingerprint density at radius 2 is 1.90 bits per heavy atom. The van der Waals surface area contributed by atoms with E-state index in [0.29, 0.717) is 25.2 Å². The quantitative estimate of drug-likeness (QED) is 0.653. The number of aryl methyl sites for hydroxylation is 1. The molecule has 0 aliphatic heterocycles. The predicted molar refractivity (Wildman–Crippen MR) is 79.6 cm³/mol. The summed E-state index contributed by atoms with van der Waals surface area (Å²) in [6, 6.07) is 4.34. The molecule has 0 aromatic heterocycles. The van der Waals surface area contributed by atoms with Crippen molar-refractivity contribution in [2.75, 3.05) is 26.7 Å². The molecule has 0 radical (unpaired) electrons. The van der Waals surface area contributed by atoms with Crippen LogP contribution in [0.5, 0.6) is 0 Å². The van der Waals surface area contributed by atoms with E-state index in [4.69, 9.17) is 0 Å². The molecule has 0 bridgehead atoms. The van der Waals surface area contributed by atoms with Crippen LogP contribution in [-0.4, -0.2) is 38.5 Å². The number of carbonyl (C=O) groups excluding carboxylic acids is 2. The summed E-state index contributed by atoms with van der Waals surface area (Å²) in [5.41, 5.74) is 0.769. The van der Waals surface area contributed by atoms with Gasteiger partial charge in [-0.3, -0.25) is 9.59 Å². The average molecular weight is 295 g/mol. The summed E-state index contributed by atoms with van der Waals surface area (Å²) in [7, 11) is 1.78. The molecule has 6 heteroatoms. The van der Waals surface area contributed by atoms with Crippen molar-refractivity contribution in [3.63, 3.8) is 0 Å². The Bertz CT molecular complexity index is 506. The van der Waals surface area contributed by atoms with Crippen molar-refractivity contribution in [1.82, 2.24) is 16.0 Å². The second kappa shape index (κ2) is 8.36. The monoisotopic (exact) mass is 295 g/mol. The Morgan fingerprint density at radius 3 is 2.52 bits per heavy atom. The van der Waals surface area contributed by atoms with E-state index in [-0.39, 0.29) is 23.3 Å². The third-order valence-corrected chi connectivity index (χ3v) is 3.10. The summed E-state index contributed by atoms with van der Waals surface area (Å²) in [6.45, 7) is 4.69. The van der Waals surface area contributed by atoms with Gasteiger partial charge in [-0.2, -0.15) is 0 Å². The van der Waals surface area contributed by atoms with Crippen LogP contribution >= 0.6 is 0 Å². The fourth-order valence-electron chi connectivity index (χ4n) is 1.77. The number of rotatable bonds is 7. The van der Waals surface area contributed by atoms with Crippen LogP contribution in [0.4, 0.5) is 4.39 Å². The lowest BCUT2D eigenvalue weighted by atomic mass is 10.1. The number of amides is 2. The third kappa shape index (κ3) is 5.51. The number of hydrogen-bond donors (Lipinski definition) is 3. The molecule has 21 heavy (non-hydrogen) atoms. The van der Waals surface area contributed by atoms with Gasteiger partial charge in [0, 0.05) is 31.1 Å². The van der Waals surface area contributed by atoms with Crippen LogP contribution in [-0.2, 0) is 4.79 Å². The van der Waals surface area contributed by atoms with Crippen LogP contribution in [0.25, 0.3) is 0 Å². The van der Waals surface area contributed by atoms with Gasteiger partial charge in [-0.15, -0.1) is 0 Å². The highest BCUT2D eigenvalue weighted by atomic mass is 19.1. The standard InChI is InChI=1S/C15H22FN3O2/c1-10-4-5-12(8-13(10)16)15(21)19-7-6-18-14(20)11(2)9-17-3/h4-5,8,11,17H,6-7,9H2,1-3H3,(H,18,20)(H,19,21). The number of hydrogen-bond acceptors (Lipinski definition) is 3. The van der Waals surface area contributed by atoms with Crippen LogP contribution < -0.4 is 16.0 Å². The Kier molecular flexibility index (Phi) is 6.81. The van der Waals surface area contributed by atoms with Gasteiger partial charge in [-0.05, 0) is 31.7 Å². The van der Waals surface area contributed by atoms with Gasteiger partial charge in [-0.1, -0.05) is 13.0 Å². The minimum Gasteiger partial charge on any atom is -0.354 e. The zero-order valence-electron chi connectivity index (χ0n) is 12.6. The van der Waals surface area contributed by atoms with E-state index >= 15 is 0 Å². The summed E-state index contributed by atoms with van der Waals surface area (Å²) < 4.78 is 13.4. The van der Waals surface area contributed by atoms with E-state index in [1.54, 1.807) is 26.1 Å². The normalized spacial score (nSPS) is 11.8. The molecule has 0 saturated heterocycles. The third-order valence-electron chi connectivity index (χ3n) is 3.10. The molecular weight excluding hydrogens is 273 g/mol. The maximum Gasteiger partial charge on any atom is 0.251 e. The molecule has 0 fully saturated rings. The molecule has 1 aromatic rings. The van der Waals surface area contributed by atoms with E-state index in [9.17, 15) is 14.0 Å². The van der Waals surface area contributed by atoms with E-state index in [0.717, 1.165) is 0 Å². The van der Waals surface area contributed by atoms with Crippen molar-refractivity contribution in [3.8, 4) is 0 Å². The zero-order valence-corrected chi connectivity index (χ0v) is 12.6. The minimum absolute atomic E-state index is 0.0695. The van der Waals surface area contributed by atoms with Crippen LogP contribution in [0.3, 0.4) is 0 Å². The minimum atomic E-state index is -0.406. The largest absolute Gasteiger partial charge is 0.354 e. The lowest BCUT2D eigenvalue weighted by molar-refractivity contribution is -0.124. The van der Waals surface area contributed by atoms with Crippen molar-refractivity contribution < 1.29 is 14.0 Å². The van der Waals surface area contributed by atoms with E-state index in [1.165, 1.54) is 6.07 Å². The lowest BCUT2D eigenvalue weighted by Gasteiger charge is -2.12. The Labute approximate surface area is 124 Å². The molecule has 3 N–H and O–H groups in total. The van der Waals surface area contributed by atoms with E-state index < -0.39 is 5.82 Å². The highest BCUT2D eigenvalue weighted by molar-refractivity contribution is 5.94. The first-order valence-electron chi connectivity index (χ1n) is 6.92. The molecule has 116 valence electrons. The van der Waals surface area contributed by atoms with Gasteiger partial charge in [0.2, 0.25) is 5.91 Å². The molecule has 0 heterocycles. The van der Waals surface area contributed by atoms with Crippen molar-refractivity contribution >= 4 is 11.8 Å². The maximum absolute atomic E-state index is 13.4. The molecule has 1 aromatic carbocycles. The lowest BCUT2D eigenvalue weighted by Crippen LogP contribution is -2.39. The molecule has 5 nitrogen and oxygen atoms in total. The van der Waals surface area contributed by atoms with E-state index in [2.05, 4.69) is 16.0 Å². The van der Waals surface area contributed by atoms with Gasteiger partial charge < -0.3 is 16.0 Å². The Morgan fingerprint density at radius 1 is 1.24 bits per heavy atom. The van der Waals surface area contributed by atoms with Crippen molar-refractivity contribution in [1.29, 1.82) is 0 Å². The summed E-state index contributed by atoms with van der Waals surface area (Å²) in [6.07, 6.45) is 0. The molecular formula is C15H22FN3O2. The number of carbonyl (C=O) groups is 2. The van der Waals surface area contributed by atoms with Gasteiger partial charge in [-0.25, -0.2) is 4.39 Å². The second-order valence-electron chi connectivity index (χ2n) is 4.97. The van der Waals surface area contributed by atoms with Crippen molar-refractivity contribution in [3.05, 3.63) is 35.1 Å². The van der Waals surface area contributed by atoms with E-state index in [1.807, 2.05) is 6.92 Å². The first kappa shape index (κ1) is 17.1. The Hall–Kier alpha value is -1.95. The number of benzene rings is 1. The van der Waals surface area contributed by atoms with Crippen LogP contribution in [0.2, 0.25) is 0 Å². The summed E-state index contributed by atoms with van der Waals surface area (Å²) in [4.78, 5) is 23.4. The second-order valence-corrected chi connectivity index (χ2v) is 4.97.